The minimum Gasteiger partial charge on any atom is -0.478 e. The van der Waals surface area contributed by atoms with E-state index in [4.69, 9.17) is 5.11 Å². The molecule has 1 atom stereocenters. The molecule has 1 amide bonds. The Bertz CT molecular complexity index is 744. The number of amides is 1. The molecule has 0 saturated carbocycles. The van der Waals surface area contributed by atoms with Crippen molar-refractivity contribution in [1.82, 2.24) is 0 Å². The predicted molar refractivity (Wildman–Crippen MR) is 98.8 cm³/mol. The number of hydrogen-bond donors (Lipinski definition) is 2. The molecule has 0 aliphatic heterocycles. The van der Waals surface area contributed by atoms with Gasteiger partial charge in [0, 0.05) is 18.4 Å². The molecule has 2 aromatic carbocycles. The van der Waals surface area contributed by atoms with E-state index < -0.39 is 5.97 Å². The van der Waals surface area contributed by atoms with E-state index in [2.05, 4.69) is 5.32 Å². The highest BCUT2D eigenvalue weighted by Gasteiger charge is 2.20. The molecule has 0 heterocycles. The fraction of sp³-hybridized carbons (Fsp3) is 0.211. The second-order valence-corrected chi connectivity index (χ2v) is 6.76. The number of thioether (sulfide) groups is 1. The number of carboxylic acids is 1. The molecule has 25 heavy (non-hydrogen) atoms. The van der Waals surface area contributed by atoms with Gasteiger partial charge >= 0.3 is 5.97 Å². The normalized spacial score (nSPS) is 11.6. The first-order valence-corrected chi connectivity index (χ1v) is 8.76. The van der Waals surface area contributed by atoms with E-state index in [9.17, 15) is 14.4 Å². The smallest absolute Gasteiger partial charge is 0.335 e. The SMILES string of the molecule is CC(=O)SCC(Cc1ccccc1)C(=O)Nc1ccc(C(=O)O)cc1. The number of carbonyl (C=O) groups is 3. The van der Waals surface area contributed by atoms with Crippen LogP contribution in [-0.2, 0) is 16.0 Å². The predicted octanol–water partition coefficient (Wildman–Crippen LogP) is 3.46. The average molecular weight is 357 g/mol. The van der Waals surface area contributed by atoms with Gasteiger partial charge in [-0.3, -0.25) is 9.59 Å². The summed E-state index contributed by atoms with van der Waals surface area (Å²) in [5.74, 6) is -1.18. The lowest BCUT2D eigenvalue weighted by molar-refractivity contribution is -0.119. The average Bonchev–Trinajstić information content (AvgIpc) is 2.59. The van der Waals surface area contributed by atoms with Crippen molar-refractivity contribution >= 4 is 34.4 Å². The maximum Gasteiger partial charge on any atom is 0.335 e. The number of benzene rings is 2. The van der Waals surface area contributed by atoms with Gasteiger partial charge in [0.1, 0.15) is 0 Å². The number of carboxylic acid groups (broad SMARTS) is 1. The molecule has 0 aliphatic carbocycles. The number of nitrogens with one attached hydrogen (secondary N) is 1. The molecule has 2 rings (SSSR count). The number of anilines is 1. The molecule has 0 spiro atoms. The van der Waals surface area contributed by atoms with Gasteiger partial charge in [-0.15, -0.1) is 0 Å². The van der Waals surface area contributed by atoms with Gasteiger partial charge in [0.25, 0.3) is 0 Å². The van der Waals surface area contributed by atoms with Crippen LogP contribution in [-0.4, -0.2) is 27.9 Å². The lowest BCUT2D eigenvalue weighted by Gasteiger charge is -2.16. The standard InChI is InChI=1S/C19H19NO4S/c1-13(21)25-12-16(11-14-5-3-2-4-6-14)18(22)20-17-9-7-15(8-10-17)19(23)24/h2-10,16H,11-12H2,1H3,(H,20,22)(H,23,24). The molecule has 0 aliphatic rings. The molecular weight excluding hydrogens is 338 g/mol. The Morgan fingerprint density at radius 2 is 1.68 bits per heavy atom. The molecule has 0 bridgehead atoms. The van der Waals surface area contributed by atoms with Crippen LogP contribution in [0.25, 0.3) is 0 Å². The van der Waals surface area contributed by atoms with E-state index in [0.29, 0.717) is 17.9 Å². The second kappa shape index (κ2) is 9.03. The van der Waals surface area contributed by atoms with Crippen LogP contribution in [0.1, 0.15) is 22.8 Å². The summed E-state index contributed by atoms with van der Waals surface area (Å²) in [6.45, 7) is 1.48. The van der Waals surface area contributed by atoms with Crippen LogP contribution in [0.5, 0.6) is 0 Å². The summed E-state index contributed by atoms with van der Waals surface area (Å²) in [6, 6.07) is 15.6. The summed E-state index contributed by atoms with van der Waals surface area (Å²) < 4.78 is 0. The first-order valence-electron chi connectivity index (χ1n) is 7.77. The minimum atomic E-state index is -1.02. The molecule has 130 valence electrons. The van der Waals surface area contributed by atoms with Gasteiger partial charge in [0.15, 0.2) is 5.12 Å². The van der Waals surface area contributed by atoms with Crippen LogP contribution < -0.4 is 5.32 Å². The molecule has 0 radical (unpaired) electrons. The van der Waals surface area contributed by atoms with Crippen molar-refractivity contribution in [3.63, 3.8) is 0 Å². The molecule has 0 saturated heterocycles. The number of carbonyl (C=O) groups excluding carboxylic acids is 2. The van der Waals surface area contributed by atoms with Crippen LogP contribution >= 0.6 is 11.8 Å². The maximum atomic E-state index is 12.6. The Hall–Kier alpha value is -2.60. The topological polar surface area (TPSA) is 83.5 Å². The van der Waals surface area contributed by atoms with Gasteiger partial charge in [0.05, 0.1) is 11.5 Å². The van der Waals surface area contributed by atoms with Crippen molar-refractivity contribution in [2.75, 3.05) is 11.1 Å². The zero-order valence-electron chi connectivity index (χ0n) is 13.8. The van der Waals surface area contributed by atoms with Crippen molar-refractivity contribution in [1.29, 1.82) is 0 Å². The number of rotatable bonds is 7. The maximum absolute atomic E-state index is 12.6. The Morgan fingerprint density at radius 3 is 2.24 bits per heavy atom. The van der Waals surface area contributed by atoms with Crippen LogP contribution in [0.15, 0.2) is 54.6 Å². The van der Waals surface area contributed by atoms with Crippen molar-refractivity contribution in [2.45, 2.75) is 13.3 Å². The van der Waals surface area contributed by atoms with E-state index in [0.717, 1.165) is 17.3 Å². The van der Waals surface area contributed by atoms with Crippen LogP contribution in [0.4, 0.5) is 5.69 Å². The van der Waals surface area contributed by atoms with Crippen LogP contribution in [0, 0.1) is 5.92 Å². The highest BCUT2D eigenvalue weighted by Crippen LogP contribution is 2.18. The van der Waals surface area contributed by atoms with E-state index in [1.54, 1.807) is 12.1 Å². The van der Waals surface area contributed by atoms with Gasteiger partial charge < -0.3 is 10.4 Å². The first kappa shape index (κ1) is 18.7. The van der Waals surface area contributed by atoms with Gasteiger partial charge in [-0.2, -0.15) is 0 Å². The first-order chi connectivity index (χ1) is 12.0. The Kier molecular flexibility index (Phi) is 6.77. The lowest BCUT2D eigenvalue weighted by Crippen LogP contribution is -2.27. The third kappa shape index (κ3) is 6.08. The zero-order chi connectivity index (χ0) is 18.2. The molecule has 2 N–H and O–H groups in total. The summed E-state index contributed by atoms with van der Waals surface area (Å²) in [7, 11) is 0. The Morgan fingerprint density at radius 1 is 1.04 bits per heavy atom. The van der Waals surface area contributed by atoms with Crippen molar-refractivity contribution < 1.29 is 19.5 Å². The monoisotopic (exact) mass is 357 g/mol. The van der Waals surface area contributed by atoms with E-state index >= 15 is 0 Å². The fourth-order valence-electron chi connectivity index (χ4n) is 2.28. The van der Waals surface area contributed by atoms with E-state index in [-0.39, 0.29) is 22.5 Å². The van der Waals surface area contributed by atoms with Crippen LogP contribution in [0.2, 0.25) is 0 Å². The molecule has 1 unspecified atom stereocenters. The summed E-state index contributed by atoms with van der Waals surface area (Å²) in [4.78, 5) is 34.7. The molecule has 6 heteroatoms. The van der Waals surface area contributed by atoms with Gasteiger partial charge in [-0.1, -0.05) is 42.1 Å². The summed E-state index contributed by atoms with van der Waals surface area (Å²) in [5, 5.41) is 11.7. The van der Waals surface area contributed by atoms with E-state index in [1.807, 2.05) is 30.3 Å². The fourth-order valence-corrected chi connectivity index (χ4v) is 2.99. The summed E-state index contributed by atoms with van der Waals surface area (Å²) >= 11 is 1.13. The van der Waals surface area contributed by atoms with Crippen LogP contribution in [0.3, 0.4) is 0 Å². The van der Waals surface area contributed by atoms with Gasteiger partial charge in [0.2, 0.25) is 5.91 Å². The van der Waals surface area contributed by atoms with Crippen molar-refractivity contribution in [2.24, 2.45) is 5.92 Å². The van der Waals surface area contributed by atoms with Crippen molar-refractivity contribution in [3.8, 4) is 0 Å². The molecule has 0 fully saturated rings. The number of aromatic carboxylic acids is 1. The van der Waals surface area contributed by atoms with Gasteiger partial charge in [-0.05, 0) is 36.2 Å². The largest absolute Gasteiger partial charge is 0.478 e. The second-order valence-electron chi connectivity index (χ2n) is 5.56. The molecule has 0 aromatic heterocycles. The quantitative estimate of drug-likeness (QED) is 0.793. The Labute approximate surface area is 150 Å². The lowest BCUT2D eigenvalue weighted by atomic mass is 10.00. The number of hydrogen-bond acceptors (Lipinski definition) is 4. The third-order valence-corrected chi connectivity index (χ3v) is 4.56. The molecule has 2 aromatic rings. The highest BCUT2D eigenvalue weighted by atomic mass is 32.2. The third-order valence-electron chi connectivity index (χ3n) is 3.58. The van der Waals surface area contributed by atoms with E-state index in [1.165, 1.54) is 19.1 Å². The van der Waals surface area contributed by atoms with Gasteiger partial charge in [-0.25, -0.2) is 4.79 Å². The minimum absolute atomic E-state index is 0.0309. The molecule has 5 nitrogen and oxygen atoms in total. The van der Waals surface area contributed by atoms with Crippen molar-refractivity contribution in [3.05, 3.63) is 65.7 Å². The summed E-state index contributed by atoms with van der Waals surface area (Å²) in [6.07, 6.45) is 0.528. The summed E-state index contributed by atoms with van der Waals surface area (Å²) in [5.41, 5.74) is 1.71. The highest BCUT2D eigenvalue weighted by molar-refractivity contribution is 8.13. The Balaban J connectivity index is 2.07. The molecular formula is C19H19NO4S. The zero-order valence-corrected chi connectivity index (χ0v) is 14.6.